The number of benzene rings is 1. The predicted octanol–water partition coefficient (Wildman–Crippen LogP) is 4.50. The topological polar surface area (TPSA) is 52.6 Å². The first kappa shape index (κ1) is 19.2. The van der Waals surface area contributed by atoms with Gasteiger partial charge < -0.3 is 9.47 Å². The highest BCUT2D eigenvalue weighted by Gasteiger charge is 2.10. The van der Waals surface area contributed by atoms with E-state index in [-0.39, 0.29) is 24.8 Å². The van der Waals surface area contributed by atoms with E-state index in [1.54, 1.807) is 0 Å². The number of hydrogen-bond acceptors (Lipinski definition) is 4. The molecule has 0 aliphatic carbocycles. The third-order valence-electron chi connectivity index (χ3n) is 3.59. The van der Waals surface area contributed by atoms with Crippen LogP contribution in [0.2, 0.25) is 0 Å². The molecule has 1 rings (SSSR count). The molecule has 0 saturated carbocycles. The summed E-state index contributed by atoms with van der Waals surface area (Å²) >= 11 is 0. The zero-order valence-corrected chi connectivity index (χ0v) is 14.5. The second kappa shape index (κ2) is 10.8. The Morgan fingerprint density at radius 3 is 2.43 bits per heavy atom. The molecule has 4 nitrogen and oxygen atoms in total. The largest absolute Gasteiger partial charge is 0.466 e. The second-order valence-corrected chi connectivity index (χ2v) is 5.88. The summed E-state index contributed by atoms with van der Waals surface area (Å²) in [6.45, 7) is 6.47. The van der Waals surface area contributed by atoms with Crippen molar-refractivity contribution in [2.45, 2.75) is 65.7 Å². The molecule has 0 unspecified atom stereocenters. The molecule has 0 aliphatic heterocycles. The molecule has 1 aromatic carbocycles. The summed E-state index contributed by atoms with van der Waals surface area (Å²) in [5.74, 6) is 0.0454. The molecule has 23 heavy (non-hydrogen) atoms. The summed E-state index contributed by atoms with van der Waals surface area (Å²) in [6, 6.07) is 5.74. The molecule has 0 spiro atoms. The van der Waals surface area contributed by atoms with Crippen LogP contribution in [0, 0.1) is 13.8 Å². The molecule has 0 heterocycles. The second-order valence-electron chi connectivity index (χ2n) is 5.88. The fourth-order valence-electron chi connectivity index (χ4n) is 2.16. The number of carbonyl (C=O) groups excluding carboxylic acids is 2. The zero-order chi connectivity index (χ0) is 17.1. The Morgan fingerprint density at radius 1 is 0.957 bits per heavy atom. The first-order chi connectivity index (χ1) is 11.0. The van der Waals surface area contributed by atoms with Crippen LogP contribution >= 0.6 is 0 Å². The van der Waals surface area contributed by atoms with Crippen molar-refractivity contribution in [1.82, 2.24) is 0 Å². The molecule has 0 aromatic heterocycles. The average Bonchev–Trinajstić information content (AvgIpc) is 2.50. The van der Waals surface area contributed by atoms with Gasteiger partial charge in [0.1, 0.15) is 5.75 Å². The van der Waals surface area contributed by atoms with Crippen LogP contribution in [0.1, 0.15) is 63.0 Å². The van der Waals surface area contributed by atoms with Crippen LogP contribution in [0.3, 0.4) is 0 Å². The number of hydrogen-bond donors (Lipinski definition) is 0. The number of esters is 2. The maximum atomic E-state index is 11.8. The van der Waals surface area contributed by atoms with Gasteiger partial charge in [0.15, 0.2) is 0 Å². The standard InChI is InChI=1S/C19H28O4/c1-4-5-6-7-13-22-18(20)9-8-10-19(21)23-17-14-15(2)11-12-16(17)3/h11-12,14H,4-10,13H2,1-3H3. The Labute approximate surface area is 139 Å². The molecule has 0 aliphatic rings. The van der Waals surface area contributed by atoms with Gasteiger partial charge in [-0.3, -0.25) is 9.59 Å². The maximum absolute atomic E-state index is 11.8. The minimum Gasteiger partial charge on any atom is -0.466 e. The van der Waals surface area contributed by atoms with Gasteiger partial charge in [0, 0.05) is 12.8 Å². The van der Waals surface area contributed by atoms with Gasteiger partial charge in [-0.2, -0.15) is 0 Å². The fraction of sp³-hybridized carbons (Fsp3) is 0.579. The lowest BCUT2D eigenvalue weighted by Gasteiger charge is -2.08. The summed E-state index contributed by atoms with van der Waals surface area (Å²) in [5.41, 5.74) is 1.97. The molecule has 1 aromatic rings. The zero-order valence-electron chi connectivity index (χ0n) is 14.5. The molecule has 0 bridgehead atoms. The Hall–Kier alpha value is -1.84. The van der Waals surface area contributed by atoms with E-state index in [1.165, 1.54) is 6.42 Å². The van der Waals surface area contributed by atoms with Crippen molar-refractivity contribution in [3.63, 3.8) is 0 Å². The van der Waals surface area contributed by atoms with E-state index in [9.17, 15) is 9.59 Å². The van der Waals surface area contributed by atoms with Gasteiger partial charge in [0.05, 0.1) is 6.61 Å². The maximum Gasteiger partial charge on any atom is 0.311 e. The lowest BCUT2D eigenvalue weighted by atomic mass is 10.1. The molecule has 0 atom stereocenters. The minimum absolute atomic E-state index is 0.221. The molecular formula is C19H28O4. The summed E-state index contributed by atoms with van der Waals surface area (Å²) in [5, 5.41) is 0. The first-order valence-electron chi connectivity index (χ1n) is 8.46. The van der Waals surface area contributed by atoms with Gasteiger partial charge in [-0.25, -0.2) is 0 Å². The van der Waals surface area contributed by atoms with Gasteiger partial charge in [-0.1, -0.05) is 38.3 Å². The quantitative estimate of drug-likeness (QED) is 0.362. The van der Waals surface area contributed by atoms with Crippen LogP contribution in [0.15, 0.2) is 18.2 Å². The Balaban J connectivity index is 2.18. The van der Waals surface area contributed by atoms with Crippen molar-refractivity contribution in [1.29, 1.82) is 0 Å². The Morgan fingerprint density at radius 2 is 1.70 bits per heavy atom. The fourth-order valence-corrected chi connectivity index (χ4v) is 2.16. The normalized spacial score (nSPS) is 10.4. The number of ether oxygens (including phenoxy) is 2. The van der Waals surface area contributed by atoms with Crippen molar-refractivity contribution in [2.24, 2.45) is 0 Å². The molecule has 0 amide bonds. The van der Waals surface area contributed by atoms with Gasteiger partial charge in [0.25, 0.3) is 0 Å². The number of rotatable bonds is 10. The monoisotopic (exact) mass is 320 g/mol. The van der Waals surface area contributed by atoms with E-state index >= 15 is 0 Å². The third kappa shape index (κ3) is 8.38. The number of unbranched alkanes of at least 4 members (excludes halogenated alkanes) is 3. The van der Waals surface area contributed by atoms with Crippen molar-refractivity contribution in [2.75, 3.05) is 6.61 Å². The number of aryl methyl sites for hydroxylation is 2. The Bertz CT molecular complexity index is 508. The van der Waals surface area contributed by atoms with Gasteiger partial charge in [-0.05, 0) is 43.9 Å². The smallest absolute Gasteiger partial charge is 0.311 e. The highest BCUT2D eigenvalue weighted by molar-refractivity contribution is 5.74. The molecule has 128 valence electrons. The van der Waals surface area contributed by atoms with Crippen molar-refractivity contribution in [3.8, 4) is 5.75 Å². The highest BCUT2D eigenvalue weighted by Crippen LogP contribution is 2.19. The van der Waals surface area contributed by atoms with E-state index in [0.29, 0.717) is 18.8 Å². The summed E-state index contributed by atoms with van der Waals surface area (Å²) in [7, 11) is 0. The minimum atomic E-state index is -0.311. The predicted molar refractivity (Wildman–Crippen MR) is 90.5 cm³/mol. The molecule has 0 fully saturated rings. The van der Waals surface area contributed by atoms with Crippen LogP contribution in [-0.4, -0.2) is 18.5 Å². The van der Waals surface area contributed by atoms with Crippen LogP contribution in [0.5, 0.6) is 5.75 Å². The van der Waals surface area contributed by atoms with Crippen LogP contribution < -0.4 is 4.74 Å². The highest BCUT2D eigenvalue weighted by atomic mass is 16.5. The van der Waals surface area contributed by atoms with Crippen LogP contribution in [0.25, 0.3) is 0 Å². The van der Waals surface area contributed by atoms with E-state index in [0.717, 1.165) is 30.4 Å². The average molecular weight is 320 g/mol. The lowest BCUT2D eigenvalue weighted by molar-refractivity contribution is -0.144. The molecular weight excluding hydrogens is 292 g/mol. The molecule has 4 heteroatoms. The SMILES string of the molecule is CCCCCCOC(=O)CCCC(=O)Oc1cc(C)ccc1C. The summed E-state index contributed by atoms with van der Waals surface area (Å²) in [4.78, 5) is 23.4. The Kier molecular flexibility index (Phi) is 9.03. The van der Waals surface area contributed by atoms with Crippen molar-refractivity contribution < 1.29 is 19.1 Å². The van der Waals surface area contributed by atoms with Gasteiger partial charge >= 0.3 is 11.9 Å². The summed E-state index contributed by atoms with van der Waals surface area (Å²) in [6.07, 6.45) is 5.27. The van der Waals surface area contributed by atoms with Crippen molar-refractivity contribution >= 4 is 11.9 Å². The molecule has 0 radical (unpaired) electrons. The lowest BCUT2D eigenvalue weighted by Crippen LogP contribution is -2.11. The van der Waals surface area contributed by atoms with Crippen LogP contribution in [-0.2, 0) is 14.3 Å². The van der Waals surface area contributed by atoms with Crippen LogP contribution in [0.4, 0.5) is 0 Å². The third-order valence-corrected chi connectivity index (χ3v) is 3.59. The van der Waals surface area contributed by atoms with E-state index in [4.69, 9.17) is 9.47 Å². The molecule has 0 N–H and O–H groups in total. The van der Waals surface area contributed by atoms with Gasteiger partial charge in [0.2, 0.25) is 0 Å². The van der Waals surface area contributed by atoms with E-state index < -0.39 is 0 Å². The molecule has 0 saturated heterocycles. The first-order valence-corrected chi connectivity index (χ1v) is 8.46. The van der Waals surface area contributed by atoms with E-state index in [1.807, 2.05) is 32.0 Å². The van der Waals surface area contributed by atoms with E-state index in [2.05, 4.69) is 6.92 Å². The number of carbonyl (C=O) groups is 2. The van der Waals surface area contributed by atoms with Crippen molar-refractivity contribution in [3.05, 3.63) is 29.3 Å². The van der Waals surface area contributed by atoms with Gasteiger partial charge in [-0.15, -0.1) is 0 Å². The summed E-state index contributed by atoms with van der Waals surface area (Å²) < 4.78 is 10.5.